The standard InChI is InChI=1S/C11H16N2O4/c1-16-11(2-4-17-5-3-11)10-12-6-8(7-14)9(15)13-10/h6,14H,2-5,7H2,1H3,(H,12,13,15). The third kappa shape index (κ3) is 2.24. The second-order valence-electron chi connectivity index (χ2n) is 4.06. The third-order valence-corrected chi connectivity index (χ3v) is 3.17. The normalized spacial score (nSPS) is 19.2. The van der Waals surface area contributed by atoms with Crippen LogP contribution in [0.3, 0.4) is 0 Å². The van der Waals surface area contributed by atoms with Gasteiger partial charge in [0.15, 0.2) is 0 Å². The molecule has 6 nitrogen and oxygen atoms in total. The highest BCUT2D eigenvalue weighted by molar-refractivity contribution is 5.10. The molecule has 1 saturated heterocycles. The molecule has 0 spiro atoms. The monoisotopic (exact) mass is 240 g/mol. The van der Waals surface area contributed by atoms with Crippen LogP contribution >= 0.6 is 0 Å². The lowest BCUT2D eigenvalue weighted by atomic mass is 9.93. The van der Waals surface area contributed by atoms with Gasteiger partial charge in [-0.15, -0.1) is 0 Å². The van der Waals surface area contributed by atoms with E-state index in [2.05, 4.69) is 9.97 Å². The summed E-state index contributed by atoms with van der Waals surface area (Å²) in [5.41, 5.74) is -0.640. The van der Waals surface area contributed by atoms with E-state index in [-0.39, 0.29) is 17.7 Å². The van der Waals surface area contributed by atoms with Crippen LogP contribution in [0.2, 0.25) is 0 Å². The van der Waals surface area contributed by atoms with Gasteiger partial charge < -0.3 is 19.6 Å². The van der Waals surface area contributed by atoms with Gasteiger partial charge in [-0.3, -0.25) is 4.79 Å². The molecular weight excluding hydrogens is 224 g/mol. The number of hydrogen-bond donors (Lipinski definition) is 2. The lowest BCUT2D eigenvalue weighted by Crippen LogP contribution is -2.39. The number of rotatable bonds is 3. The number of aromatic nitrogens is 2. The van der Waals surface area contributed by atoms with E-state index in [4.69, 9.17) is 14.6 Å². The summed E-state index contributed by atoms with van der Waals surface area (Å²) in [5.74, 6) is 0.505. The third-order valence-electron chi connectivity index (χ3n) is 3.17. The highest BCUT2D eigenvalue weighted by Gasteiger charge is 2.37. The van der Waals surface area contributed by atoms with Crippen LogP contribution in [0.25, 0.3) is 0 Å². The molecular formula is C11H16N2O4. The van der Waals surface area contributed by atoms with Crippen molar-refractivity contribution in [1.29, 1.82) is 0 Å². The summed E-state index contributed by atoms with van der Waals surface area (Å²) in [7, 11) is 1.60. The second-order valence-corrected chi connectivity index (χ2v) is 4.06. The first-order chi connectivity index (χ1) is 8.22. The molecule has 2 heterocycles. The molecule has 1 aromatic rings. The number of hydrogen-bond acceptors (Lipinski definition) is 5. The minimum Gasteiger partial charge on any atom is -0.391 e. The molecule has 0 amide bonds. The van der Waals surface area contributed by atoms with Crippen molar-refractivity contribution >= 4 is 0 Å². The maximum Gasteiger partial charge on any atom is 0.256 e. The zero-order chi connectivity index (χ0) is 12.3. The van der Waals surface area contributed by atoms with Gasteiger partial charge in [0, 0.05) is 39.4 Å². The zero-order valence-electron chi connectivity index (χ0n) is 9.73. The fourth-order valence-corrected chi connectivity index (χ4v) is 2.00. The maximum atomic E-state index is 11.6. The topological polar surface area (TPSA) is 84.4 Å². The Morgan fingerprint density at radius 1 is 1.59 bits per heavy atom. The lowest BCUT2D eigenvalue weighted by Gasteiger charge is -2.34. The average Bonchev–Trinajstić information content (AvgIpc) is 2.39. The molecule has 0 radical (unpaired) electrons. The summed E-state index contributed by atoms with van der Waals surface area (Å²) < 4.78 is 10.8. The van der Waals surface area contributed by atoms with Crippen LogP contribution in [0.5, 0.6) is 0 Å². The van der Waals surface area contributed by atoms with Crippen LogP contribution in [0.15, 0.2) is 11.0 Å². The van der Waals surface area contributed by atoms with Crippen LogP contribution in [0.4, 0.5) is 0 Å². The number of aliphatic hydroxyl groups excluding tert-OH is 1. The SMILES string of the molecule is COC1(c2ncc(CO)c(=O)[nH]2)CCOCC1. The van der Waals surface area contributed by atoms with Gasteiger partial charge >= 0.3 is 0 Å². The number of aromatic amines is 1. The Kier molecular flexibility index (Phi) is 3.56. The van der Waals surface area contributed by atoms with Gasteiger partial charge in [-0.2, -0.15) is 0 Å². The molecule has 0 atom stereocenters. The van der Waals surface area contributed by atoms with E-state index >= 15 is 0 Å². The number of aliphatic hydroxyl groups is 1. The summed E-state index contributed by atoms with van der Waals surface area (Å²) in [6.07, 6.45) is 2.71. The fraction of sp³-hybridized carbons (Fsp3) is 0.636. The first-order valence-corrected chi connectivity index (χ1v) is 5.54. The van der Waals surface area contributed by atoms with Crippen LogP contribution < -0.4 is 5.56 Å². The number of ether oxygens (including phenoxy) is 2. The van der Waals surface area contributed by atoms with E-state index in [1.807, 2.05) is 0 Å². The quantitative estimate of drug-likeness (QED) is 0.771. The smallest absolute Gasteiger partial charge is 0.256 e. The van der Waals surface area contributed by atoms with E-state index in [0.717, 1.165) is 0 Å². The van der Waals surface area contributed by atoms with Gasteiger partial charge in [0.1, 0.15) is 11.4 Å². The molecule has 6 heteroatoms. The van der Waals surface area contributed by atoms with Crippen LogP contribution in [-0.4, -0.2) is 35.4 Å². The number of methoxy groups -OCH3 is 1. The molecule has 0 unspecified atom stereocenters. The van der Waals surface area contributed by atoms with Gasteiger partial charge in [-0.25, -0.2) is 4.98 Å². The largest absolute Gasteiger partial charge is 0.391 e. The van der Waals surface area contributed by atoms with Crippen molar-refractivity contribution in [2.45, 2.75) is 25.0 Å². The first kappa shape index (κ1) is 12.2. The van der Waals surface area contributed by atoms with Crippen molar-refractivity contribution < 1.29 is 14.6 Å². The van der Waals surface area contributed by atoms with Gasteiger partial charge in [-0.05, 0) is 0 Å². The highest BCUT2D eigenvalue weighted by atomic mass is 16.5. The van der Waals surface area contributed by atoms with Crippen molar-refractivity contribution in [3.63, 3.8) is 0 Å². The predicted molar refractivity (Wildman–Crippen MR) is 59.5 cm³/mol. The molecule has 1 aliphatic heterocycles. The van der Waals surface area contributed by atoms with E-state index < -0.39 is 5.60 Å². The van der Waals surface area contributed by atoms with Crippen molar-refractivity contribution in [1.82, 2.24) is 9.97 Å². The molecule has 1 fully saturated rings. The zero-order valence-corrected chi connectivity index (χ0v) is 9.73. The van der Waals surface area contributed by atoms with E-state index in [0.29, 0.717) is 31.9 Å². The summed E-state index contributed by atoms with van der Waals surface area (Å²) in [6, 6.07) is 0. The van der Waals surface area contributed by atoms with Crippen molar-refractivity contribution in [2.75, 3.05) is 20.3 Å². The Labute approximate surface area is 98.6 Å². The van der Waals surface area contributed by atoms with Crippen LogP contribution in [0, 0.1) is 0 Å². The molecule has 0 bridgehead atoms. The molecule has 2 rings (SSSR count). The summed E-state index contributed by atoms with van der Waals surface area (Å²) in [4.78, 5) is 18.5. The number of nitrogens with one attached hydrogen (secondary N) is 1. The second kappa shape index (κ2) is 4.95. The predicted octanol–water partition coefficient (Wildman–Crippen LogP) is -0.0857. The number of nitrogens with zero attached hydrogens (tertiary/aromatic N) is 1. The average molecular weight is 240 g/mol. The molecule has 0 aromatic carbocycles. The molecule has 1 aromatic heterocycles. The first-order valence-electron chi connectivity index (χ1n) is 5.54. The van der Waals surface area contributed by atoms with Crippen molar-refractivity contribution in [2.24, 2.45) is 0 Å². The summed E-state index contributed by atoms with van der Waals surface area (Å²) in [6.45, 7) is 0.851. The minimum absolute atomic E-state index is 0.257. The summed E-state index contributed by atoms with van der Waals surface area (Å²) >= 11 is 0. The van der Waals surface area contributed by atoms with E-state index in [1.165, 1.54) is 6.20 Å². The number of H-pyrrole nitrogens is 1. The van der Waals surface area contributed by atoms with Gasteiger partial charge in [-0.1, -0.05) is 0 Å². The van der Waals surface area contributed by atoms with E-state index in [9.17, 15) is 4.79 Å². The highest BCUT2D eigenvalue weighted by Crippen LogP contribution is 2.32. The minimum atomic E-state index is -0.578. The van der Waals surface area contributed by atoms with Gasteiger partial charge in [0.05, 0.1) is 12.2 Å². The van der Waals surface area contributed by atoms with Crippen molar-refractivity contribution in [3.05, 3.63) is 27.9 Å². The summed E-state index contributed by atoms with van der Waals surface area (Å²) in [5, 5.41) is 8.93. The molecule has 1 aliphatic rings. The van der Waals surface area contributed by atoms with E-state index in [1.54, 1.807) is 7.11 Å². The molecule has 94 valence electrons. The maximum absolute atomic E-state index is 11.6. The Balaban J connectivity index is 2.37. The Hall–Kier alpha value is -1.24. The molecule has 17 heavy (non-hydrogen) atoms. The molecule has 2 N–H and O–H groups in total. The fourth-order valence-electron chi connectivity index (χ4n) is 2.00. The van der Waals surface area contributed by atoms with Crippen LogP contribution in [0.1, 0.15) is 24.2 Å². The van der Waals surface area contributed by atoms with Gasteiger partial charge in [0.25, 0.3) is 5.56 Å². The molecule has 0 saturated carbocycles. The van der Waals surface area contributed by atoms with Gasteiger partial charge in [0.2, 0.25) is 0 Å². The lowest BCUT2D eigenvalue weighted by molar-refractivity contribution is -0.100. The van der Waals surface area contributed by atoms with Crippen molar-refractivity contribution in [3.8, 4) is 0 Å². The molecule has 0 aliphatic carbocycles. The van der Waals surface area contributed by atoms with Crippen LogP contribution in [-0.2, 0) is 21.7 Å². The Morgan fingerprint density at radius 3 is 2.82 bits per heavy atom. The Bertz CT molecular complexity index is 437. The Morgan fingerprint density at radius 2 is 2.29 bits per heavy atom.